The van der Waals surface area contributed by atoms with Crippen molar-refractivity contribution in [2.45, 2.75) is 19.9 Å². The van der Waals surface area contributed by atoms with E-state index in [0.717, 1.165) is 28.5 Å². The van der Waals surface area contributed by atoms with Crippen molar-refractivity contribution in [3.05, 3.63) is 68.1 Å². The summed E-state index contributed by atoms with van der Waals surface area (Å²) < 4.78 is 2.20. The molecule has 0 aliphatic carbocycles. The lowest BCUT2D eigenvalue weighted by Crippen LogP contribution is -2.16. The molecule has 0 aromatic heterocycles. The van der Waals surface area contributed by atoms with Gasteiger partial charge in [0.15, 0.2) is 0 Å². The van der Waals surface area contributed by atoms with Crippen molar-refractivity contribution in [1.29, 1.82) is 0 Å². The van der Waals surface area contributed by atoms with Crippen molar-refractivity contribution < 1.29 is 0 Å². The van der Waals surface area contributed by atoms with Gasteiger partial charge in [0, 0.05) is 15.5 Å². The highest BCUT2D eigenvalue weighted by Gasteiger charge is 1.99. The highest BCUT2D eigenvalue weighted by molar-refractivity contribution is 9.13. The van der Waals surface area contributed by atoms with E-state index in [0.29, 0.717) is 0 Å². The number of rotatable bonds is 5. The first kappa shape index (κ1) is 14.8. The third-order valence-corrected chi connectivity index (χ3v) is 4.87. The zero-order valence-electron chi connectivity index (χ0n) is 10.9. The Morgan fingerprint density at radius 3 is 2.53 bits per heavy atom. The Morgan fingerprint density at radius 1 is 0.947 bits per heavy atom. The molecule has 3 heteroatoms. The summed E-state index contributed by atoms with van der Waals surface area (Å²) in [5.74, 6) is 0. The molecule has 100 valence electrons. The van der Waals surface area contributed by atoms with Crippen LogP contribution < -0.4 is 5.32 Å². The fraction of sp³-hybridized carbons (Fsp3) is 0.250. The Balaban J connectivity index is 1.79. The van der Waals surface area contributed by atoms with Crippen molar-refractivity contribution in [1.82, 2.24) is 5.32 Å². The van der Waals surface area contributed by atoms with E-state index in [1.54, 1.807) is 0 Å². The van der Waals surface area contributed by atoms with Gasteiger partial charge in [0.05, 0.1) is 0 Å². The lowest BCUT2D eigenvalue weighted by Gasteiger charge is -2.07. The highest BCUT2D eigenvalue weighted by atomic mass is 79.9. The van der Waals surface area contributed by atoms with Crippen LogP contribution in [0.1, 0.15) is 16.7 Å². The topological polar surface area (TPSA) is 12.0 Å². The molecular weight excluding hydrogens is 366 g/mol. The molecule has 1 nitrogen and oxygen atoms in total. The average Bonchev–Trinajstić information content (AvgIpc) is 2.39. The van der Waals surface area contributed by atoms with Gasteiger partial charge in [-0.15, -0.1) is 0 Å². The van der Waals surface area contributed by atoms with E-state index in [4.69, 9.17) is 0 Å². The van der Waals surface area contributed by atoms with E-state index in [1.807, 2.05) is 0 Å². The number of hydrogen-bond donors (Lipinski definition) is 1. The molecule has 0 aliphatic rings. The first-order valence-corrected chi connectivity index (χ1v) is 7.94. The monoisotopic (exact) mass is 381 g/mol. The third-order valence-electron chi connectivity index (χ3n) is 2.99. The van der Waals surface area contributed by atoms with Crippen molar-refractivity contribution in [3.8, 4) is 0 Å². The summed E-state index contributed by atoms with van der Waals surface area (Å²) >= 11 is 7.01. The van der Waals surface area contributed by atoms with Crippen LogP contribution in [-0.2, 0) is 13.0 Å². The minimum absolute atomic E-state index is 0.900. The third kappa shape index (κ3) is 4.75. The molecule has 1 N–H and O–H groups in total. The summed E-state index contributed by atoms with van der Waals surface area (Å²) in [6, 6.07) is 15.0. The molecule has 0 heterocycles. The SMILES string of the molecule is Cc1cccc(CCNCc2ccc(Br)c(Br)c2)c1. The highest BCUT2D eigenvalue weighted by Crippen LogP contribution is 2.23. The fourth-order valence-corrected chi connectivity index (χ4v) is 2.66. The average molecular weight is 383 g/mol. The summed E-state index contributed by atoms with van der Waals surface area (Å²) in [6.07, 6.45) is 1.07. The summed E-state index contributed by atoms with van der Waals surface area (Å²) in [5, 5.41) is 3.48. The summed E-state index contributed by atoms with van der Waals surface area (Å²) in [7, 11) is 0. The zero-order chi connectivity index (χ0) is 13.7. The van der Waals surface area contributed by atoms with Crippen LogP contribution in [0.5, 0.6) is 0 Å². The maximum Gasteiger partial charge on any atom is 0.0320 e. The van der Waals surface area contributed by atoms with Crippen LogP contribution in [0.15, 0.2) is 51.4 Å². The fourth-order valence-electron chi connectivity index (χ4n) is 1.98. The number of nitrogens with one attached hydrogen (secondary N) is 1. The van der Waals surface area contributed by atoms with Crippen molar-refractivity contribution in [3.63, 3.8) is 0 Å². The molecule has 2 aromatic carbocycles. The number of halogens is 2. The molecule has 0 radical (unpaired) electrons. The van der Waals surface area contributed by atoms with Crippen molar-refractivity contribution >= 4 is 31.9 Å². The molecule has 0 amide bonds. The van der Waals surface area contributed by atoms with Gasteiger partial charge in [-0.3, -0.25) is 0 Å². The molecule has 0 saturated heterocycles. The van der Waals surface area contributed by atoms with E-state index in [-0.39, 0.29) is 0 Å². The molecule has 0 bridgehead atoms. The van der Waals surface area contributed by atoms with Gasteiger partial charge in [-0.1, -0.05) is 35.9 Å². The van der Waals surface area contributed by atoms with Crippen molar-refractivity contribution in [2.24, 2.45) is 0 Å². The van der Waals surface area contributed by atoms with Crippen LogP contribution in [0.25, 0.3) is 0 Å². The second-order valence-corrected chi connectivity index (χ2v) is 6.37. The maximum atomic E-state index is 3.53. The lowest BCUT2D eigenvalue weighted by atomic mass is 10.1. The molecule has 2 rings (SSSR count). The quantitative estimate of drug-likeness (QED) is 0.728. The summed E-state index contributed by atoms with van der Waals surface area (Å²) in [5.41, 5.74) is 4.01. The zero-order valence-corrected chi connectivity index (χ0v) is 14.1. The van der Waals surface area contributed by atoms with E-state index >= 15 is 0 Å². The van der Waals surface area contributed by atoms with Gasteiger partial charge in [-0.05, 0) is 75.0 Å². The Kier molecular flexibility index (Phi) is 5.61. The predicted octanol–water partition coefficient (Wildman–Crippen LogP) is 4.85. The number of benzene rings is 2. The van der Waals surface area contributed by atoms with Crippen LogP contribution in [0.3, 0.4) is 0 Å². The predicted molar refractivity (Wildman–Crippen MR) is 88.4 cm³/mol. The van der Waals surface area contributed by atoms with Gasteiger partial charge in [0.2, 0.25) is 0 Å². The number of hydrogen-bond acceptors (Lipinski definition) is 1. The molecule has 0 fully saturated rings. The lowest BCUT2D eigenvalue weighted by molar-refractivity contribution is 0.686. The standard InChI is InChI=1S/C16H17Br2N/c1-12-3-2-4-13(9-12)7-8-19-11-14-5-6-15(17)16(18)10-14/h2-6,9-10,19H,7-8,11H2,1H3. The largest absolute Gasteiger partial charge is 0.312 e. The molecule has 19 heavy (non-hydrogen) atoms. The van der Waals surface area contributed by atoms with Gasteiger partial charge < -0.3 is 5.32 Å². The molecule has 0 saturated carbocycles. The van der Waals surface area contributed by atoms with E-state index in [9.17, 15) is 0 Å². The second kappa shape index (κ2) is 7.22. The van der Waals surface area contributed by atoms with E-state index < -0.39 is 0 Å². The van der Waals surface area contributed by atoms with Gasteiger partial charge in [0.1, 0.15) is 0 Å². The Morgan fingerprint density at radius 2 is 1.79 bits per heavy atom. The second-order valence-electron chi connectivity index (χ2n) is 4.66. The Bertz CT molecular complexity index is 552. The van der Waals surface area contributed by atoms with Gasteiger partial charge in [-0.2, -0.15) is 0 Å². The first-order chi connectivity index (χ1) is 9.15. The van der Waals surface area contributed by atoms with Crippen LogP contribution in [-0.4, -0.2) is 6.54 Å². The molecule has 2 aromatic rings. The summed E-state index contributed by atoms with van der Waals surface area (Å²) in [4.78, 5) is 0. The minimum atomic E-state index is 0.900. The minimum Gasteiger partial charge on any atom is -0.312 e. The van der Waals surface area contributed by atoms with E-state index in [1.165, 1.54) is 16.7 Å². The molecule has 0 spiro atoms. The van der Waals surface area contributed by atoms with E-state index in [2.05, 4.69) is 86.6 Å². The summed E-state index contributed by atoms with van der Waals surface area (Å²) in [6.45, 7) is 4.03. The Hall–Kier alpha value is -0.640. The Labute approximate surface area is 131 Å². The smallest absolute Gasteiger partial charge is 0.0320 e. The maximum absolute atomic E-state index is 3.53. The molecule has 0 unspecified atom stereocenters. The number of aryl methyl sites for hydroxylation is 1. The van der Waals surface area contributed by atoms with Gasteiger partial charge in [-0.25, -0.2) is 0 Å². The van der Waals surface area contributed by atoms with Gasteiger partial charge >= 0.3 is 0 Å². The molecule has 0 aliphatic heterocycles. The molecular formula is C16H17Br2N. The first-order valence-electron chi connectivity index (χ1n) is 6.35. The van der Waals surface area contributed by atoms with Crippen LogP contribution >= 0.6 is 31.9 Å². The normalized spacial score (nSPS) is 10.7. The molecule has 0 atom stereocenters. The van der Waals surface area contributed by atoms with Crippen molar-refractivity contribution in [2.75, 3.05) is 6.54 Å². The van der Waals surface area contributed by atoms with Crippen LogP contribution in [0.2, 0.25) is 0 Å². The van der Waals surface area contributed by atoms with Gasteiger partial charge in [0.25, 0.3) is 0 Å². The van der Waals surface area contributed by atoms with Crippen LogP contribution in [0.4, 0.5) is 0 Å². The van der Waals surface area contributed by atoms with Crippen LogP contribution in [0, 0.1) is 6.92 Å².